The molecule has 0 spiro atoms. The van der Waals surface area contributed by atoms with E-state index in [0.29, 0.717) is 10.7 Å². The van der Waals surface area contributed by atoms with Crippen molar-refractivity contribution in [2.45, 2.75) is 6.42 Å². The van der Waals surface area contributed by atoms with Gasteiger partial charge in [0.15, 0.2) is 5.13 Å². The SMILES string of the molecule is CN(C)c1cccc(C(=O)Nc2nc3c(s2)Cc2ccccc2-3)c1. The van der Waals surface area contributed by atoms with E-state index in [0.717, 1.165) is 17.8 Å². The normalized spacial score (nSPS) is 11.8. The highest BCUT2D eigenvalue weighted by Gasteiger charge is 2.23. The Morgan fingerprint density at radius 1 is 1.17 bits per heavy atom. The van der Waals surface area contributed by atoms with Gasteiger partial charge in [-0.15, -0.1) is 11.3 Å². The first-order valence-corrected chi connectivity index (χ1v) is 8.60. The minimum absolute atomic E-state index is 0.126. The molecule has 0 aliphatic heterocycles. The number of carbonyl (C=O) groups excluding carboxylic acids is 1. The summed E-state index contributed by atoms with van der Waals surface area (Å²) in [6.07, 6.45) is 0.898. The zero-order chi connectivity index (χ0) is 16.7. The van der Waals surface area contributed by atoms with Crippen LogP contribution in [0.4, 0.5) is 10.8 Å². The monoisotopic (exact) mass is 335 g/mol. The molecular weight excluding hydrogens is 318 g/mol. The van der Waals surface area contributed by atoms with E-state index in [1.807, 2.05) is 49.3 Å². The van der Waals surface area contributed by atoms with E-state index in [1.165, 1.54) is 16.0 Å². The van der Waals surface area contributed by atoms with E-state index in [1.54, 1.807) is 11.3 Å². The second kappa shape index (κ2) is 5.76. The number of nitrogens with one attached hydrogen (secondary N) is 1. The highest BCUT2D eigenvalue weighted by atomic mass is 32.1. The van der Waals surface area contributed by atoms with Crippen LogP contribution in [-0.2, 0) is 6.42 Å². The molecule has 24 heavy (non-hydrogen) atoms. The lowest BCUT2D eigenvalue weighted by atomic mass is 10.1. The van der Waals surface area contributed by atoms with E-state index in [-0.39, 0.29) is 5.91 Å². The molecule has 0 bridgehead atoms. The number of anilines is 2. The number of hydrogen-bond donors (Lipinski definition) is 1. The molecule has 4 rings (SSSR count). The van der Waals surface area contributed by atoms with Gasteiger partial charge in [0, 0.05) is 42.2 Å². The number of rotatable bonds is 3. The molecule has 1 aliphatic rings. The zero-order valence-electron chi connectivity index (χ0n) is 13.5. The summed E-state index contributed by atoms with van der Waals surface area (Å²) < 4.78 is 0. The molecule has 0 fully saturated rings. The summed E-state index contributed by atoms with van der Waals surface area (Å²) in [6.45, 7) is 0. The van der Waals surface area contributed by atoms with E-state index in [9.17, 15) is 4.79 Å². The first-order chi connectivity index (χ1) is 11.6. The average Bonchev–Trinajstić information content (AvgIpc) is 3.12. The van der Waals surface area contributed by atoms with Crippen molar-refractivity contribution in [3.05, 3.63) is 64.5 Å². The molecule has 1 N–H and O–H groups in total. The Morgan fingerprint density at radius 2 is 2.00 bits per heavy atom. The van der Waals surface area contributed by atoms with Gasteiger partial charge in [0.2, 0.25) is 0 Å². The van der Waals surface area contributed by atoms with Gasteiger partial charge in [-0.1, -0.05) is 30.3 Å². The third kappa shape index (κ3) is 2.57. The summed E-state index contributed by atoms with van der Waals surface area (Å²) in [5.74, 6) is -0.126. The van der Waals surface area contributed by atoms with Crippen LogP contribution in [-0.4, -0.2) is 25.0 Å². The summed E-state index contributed by atoms with van der Waals surface area (Å²) in [5.41, 5.74) is 5.13. The molecule has 0 atom stereocenters. The van der Waals surface area contributed by atoms with E-state index >= 15 is 0 Å². The fraction of sp³-hybridized carbons (Fsp3) is 0.158. The molecule has 0 saturated carbocycles. The van der Waals surface area contributed by atoms with Crippen LogP contribution in [0, 0.1) is 0 Å². The molecule has 2 aromatic carbocycles. The lowest BCUT2D eigenvalue weighted by Gasteiger charge is -2.13. The number of carbonyl (C=O) groups is 1. The Balaban J connectivity index is 1.57. The van der Waals surface area contributed by atoms with Crippen LogP contribution in [0.1, 0.15) is 20.8 Å². The van der Waals surface area contributed by atoms with Crippen molar-refractivity contribution in [2.75, 3.05) is 24.3 Å². The molecular formula is C19H17N3OS. The predicted octanol–water partition coefficient (Wildman–Crippen LogP) is 4.03. The lowest BCUT2D eigenvalue weighted by Crippen LogP contribution is -2.14. The number of nitrogens with zero attached hydrogens (tertiary/aromatic N) is 2. The maximum Gasteiger partial charge on any atom is 0.257 e. The molecule has 5 heteroatoms. The van der Waals surface area contributed by atoms with Crippen LogP contribution in [0.15, 0.2) is 48.5 Å². The van der Waals surface area contributed by atoms with E-state index < -0.39 is 0 Å². The van der Waals surface area contributed by atoms with Crippen LogP contribution in [0.3, 0.4) is 0 Å². The summed E-state index contributed by atoms with van der Waals surface area (Å²) in [6, 6.07) is 15.9. The number of benzene rings is 2. The van der Waals surface area contributed by atoms with Gasteiger partial charge in [0.25, 0.3) is 5.91 Å². The fourth-order valence-corrected chi connectivity index (χ4v) is 3.90. The minimum Gasteiger partial charge on any atom is -0.378 e. The summed E-state index contributed by atoms with van der Waals surface area (Å²) >= 11 is 1.56. The lowest BCUT2D eigenvalue weighted by molar-refractivity contribution is 0.102. The smallest absolute Gasteiger partial charge is 0.257 e. The van der Waals surface area contributed by atoms with Crippen molar-refractivity contribution in [3.8, 4) is 11.3 Å². The van der Waals surface area contributed by atoms with Gasteiger partial charge in [-0.05, 0) is 23.8 Å². The number of aromatic nitrogens is 1. The Morgan fingerprint density at radius 3 is 2.83 bits per heavy atom. The zero-order valence-corrected chi connectivity index (χ0v) is 14.4. The first kappa shape index (κ1) is 14.9. The molecule has 3 aromatic rings. The Labute approximate surface area is 144 Å². The quantitative estimate of drug-likeness (QED) is 0.615. The summed E-state index contributed by atoms with van der Waals surface area (Å²) in [7, 11) is 3.92. The molecule has 1 aliphatic carbocycles. The molecule has 4 nitrogen and oxygen atoms in total. The highest BCUT2D eigenvalue weighted by Crippen LogP contribution is 2.40. The standard InChI is InChI=1S/C19H17N3OS/c1-22(2)14-8-5-7-13(10-14)18(23)21-19-20-17-15-9-4-3-6-12(15)11-16(17)24-19/h3-10H,11H2,1-2H3,(H,20,21,23). The van der Waals surface area contributed by atoms with Crippen molar-refractivity contribution < 1.29 is 4.79 Å². The highest BCUT2D eigenvalue weighted by molar-refractivity contribution is 7.16. The summed E-state index contributed by atoms with van der Waals surface area (Å²) in [4.78, 5) is 20.3. The van der Waals surface area contributed by atoms with Crippen LogP contribution < -0.4 is 10.2 Å². The molecule has 0 unspecified atom stereocenters. The van der Waals surface area contributed by atoms with Gasteiger partial charge in [0.05, 0.1) is 5.69 Å². The Bertz CT molecular complexity index is 930. The molecule has 0 saturated heterocycles. The average molecular weight is 335 g/mol. The van der Waals surface area contributed by atoms with Gasteiger partial charge in [-0.3, -0.25) is 10.1 Å². The molecule has 1 heterocycles. The van der Waals surface area contributed by atoms with Crippen LogP contribution in [0.5, 0.6) is 0 Å². The fourth-order valence-electron chi connectivity index (χ4n) is 2.91. The van der Waals surface area contributed by atoms with Crippen LogP contribution >= 0.6 is 11.3 Å². The van der Waals surface area contributed by atoms with Crippen molar-refractivity contribution >= 4 is 28.1 Å². The third-order valence-electron chi connectivity index (χ3n) is 4.17. The molecule has 120 valence electrons. The van der Waals surface area contributed by atoms with Gasteiger partial charge >= 0.3 is 0 Å². The second-order valence-corrected chi connectivity index (χ2v) is 7.11. The summed E-state index contributed by atoms with van der Waals surface area (Å²) in [5, 5.41) is 3.60. The Kier molecular flexibility index (Phi) is 3.58. The van der Waals surface area contributed by atoms with E-state index in [4.69, 9.17) is 0 Å². The number of hydrogen-bond acceptors (Lipinski definition) is 4. The maximum absolute atomic E-state index is 12.5. The second-order valence-electron chi connectivity index (χ2n) is 6.02. The molecule has 1 amide bonds. The molecule has 1 aromatic heterocycles. The van der Waals surface area contributed by atoms with Crippen molar-refractivity contribution in [3.63, 3.8) is 0 Å². The van der Waals surface area contributed by atoms with Gasteiger partial charge in [-0.2, -0.15) is 0 Å². The third-order valence-corrected chi connectivity index (χ3v) is 5.14. The van der Waals surface area contributed by atoms with Crippen LogP contribution in [0.2, 0.25) is 0 Å². The van der Waals surface area contributed by atoms with Gasteiger partial charge < -0.3 is 4.90 Å². The van der Waals surface area contributed by atoms with E-state index in [2.05, 4.69) is 28.5 Å². The number of amides is 1. The maximum atomic E-state index is 12.5. The largest absolute Gasteiger partial charge is 0.378 e. The molecule has 0 radical (unpaired) electrons. The van der Waals surface area contributed by atoms with Crippen molar-refractivity contribution in [1.82, 2.24) is 4.98 Å². The Hall–Kier alpha value is -2.66. The van der Waals surface area contributed by atoms with Crippen molar-refractivity contribution in [2.24, 2.45) is 0 Å². The van der Waals surface area contributed by atoms with Crippen LogP contribution in [0.25, 0.3) is 11.3 Å². The topological polar surface area (TPSA) is 45.2 Å². The predicted molar refractivity (Wildman–Crippen MR) is 99.1 cm³/mol. The van der Waals surface area contributed by atoms with Gasteiger partial charge in [-0.25, -0.2) is 4.98 Å². The van der Waals surface area contributed by atoms with Gasteiger partial charge in [0.1, 0.15) is 0 Å². The first-order valence-electron chi connectivity index (χ1n) is 7.78. The number of fused-ring (bicyclic) bond motifs is 3. The number of thiazole rings is 1. The van der Waals surface area contributed by atoms with Crippen molar-refractivity contribution in [1.29, 1.82) is 0 Å². The minimum atomic E-state index is -0.126.